The lowest BCUT2D eigenvalue weighted by molar-refractivity contribution is -0.253. The molecule has 0 aliphatic rings. The molecule has 0 saturated carbocycles. The zero-order valence-corrected chi connectivity index (χ0v) is 18.0. The van der Waals surface area contributed by atoms with E-state index in [0.29, 0.717) is 30.2 Å². The molecule has 0 spiro atoms. The first-order valence-corrected chi connectivity index (χ1v) is 10.3. The Labute approximate surface area is 193 Å². The number of aromatic nitrogens is 3. The van der Waals surface area contributed by atoms with Gasteiger partial charge < -0.3 is 21.5 Å². The summed E-state index contributed by atoms with van der Waals surface area (Å²) in [5.41, 5.74) is 15.6. The van der Waals surface area contributed by atoms with Gasteiger partial charge in [0.05, 0.1) is 11.4 Å². The third-order valence-corrected chi connectivity index (χ3v) is 4.35. The van der Waals surface area contributed by atoms with E-state index >= 15 is 0 Å². The number of alkyl halides is 4. The molecule has 1 aromatic carbocycles. The number of halogens is 4. The van der Waals surface area contributed by atoms with Crippen molar-refractivity contribution in [2.75, 3.05) is 36.5 Å². The van der Waals surface area contributed by atoms with Crippen LogP contribution in [0.1, 0.15) is 0 Å². The summed E-state index contributed by atoms with van der Waals surface area (Å²) in [6, 6.07) is 10.5. The fraction of sp³-hybridized carbons (Fsp3) is 0.286. The van der Waals surface area contributed by atoms with Crippen molar-refractivity contribution in [2.45, 2.75) is 12.5 Å². The van der Waals surface area contributed by atoms with Gasteiger partial charge in [-0.3, -0.25) is 0 Å². The van der Waals surface area contributed by atoms with Crippen LogP contribution in [-0.4, -0.2) is 53.7 Å². The zero-order valence-electron chi connectivity index (χ0n) is 18.0. The van der Waals surface area contributed by atoms with Gasteiger partial charge in [-0.25, -0.2) is 25.4 Å². The van der Waals surface area contributed by atoms with Gasteiger partial charge in [0.25, 0.3) is 0 Å². The van der Waals surface area contributed by atoms with Crippen LogP contribution in [0, 0.1) is 0 Å². The lowest BCUT2D eigenvalue weighted by Crippen LogP contribution is -2.38. The average molecular weight is 480 g/mol. The highest BCUT2D eigenvalue weighted by Crippen LogP contribution is 2.31. The van der Waals surface area contributed by atoms with Crippen LogP contribution < -0.4 is 32.0 Å². The van der Waals surface area contributed by atoms with Crippen LogP contribution in [0.2, 0.25) is 0 Å². The predicted molar refractivity (Wildman–Crippen MR) is 120 cm³/mol. The minimum absolute atomic E-state index is 0.161. The molecule has 2 heterocycles. The summed E-state index contributed by atoms with van der Waals surface area (Å²) in [6.45, 7) is 1.58. The highest BCUT2D eigenvalue weighted by Gasteiger charge is 2.44. The van der Waals surface area contributed by atoms with E-state index in [1.54, 1.807) is 24.4 Å². The number of nitrogens with zero attached hydrogens (tertiary/aromatic N) is 4. The van der Waals surface area contributed by atoms with Crippen LogP contribution in [0.15, 0.2) is 54.9 Å². The Morgan fingerprint density at radius 2 is 1.82 bits per heavy atom. The van der Waals surface area contributed by atoms with Crippen molar-refractivity contribution in [3.8, 4) is 17.0 Å². The van der Waals surface area contributed by atoms with Gasteiger partial charge in [0.2, 0.25) is 5.95 Å². The molecule has 0 saturated heterocycles. The Bertz CT molecular complexity index is 1050. The molecule has 0 amide bonds. The van der Waals surface area contributed by atoms with Crippen LogP contribution in [0.5, 0.6) is 5.75 Å². The molecular formula is C21H24F4N8O. The first-order chi connectivity index (χ1) is 16.3. The van der Waals surface area contributed by atoms with E-state index < -0.39 is 18.3 Å². The molecule has 0 aliphatic heterocycles. The first kappa shape index (κ1) is 25.1. The van der Waals surface area contributed by atoms with Gasteiger partial charge in [-0.15, -0.1) is 0 Å². The molecule has 3 aromatic rings. The fourth-order valence-corrected chi connectivity index (χ4v) is 2.81. The topological polar surface area (TPSA) is 127 Å². The van der Waals surface area contributed by atoms with Crippen molar-refractivity contribution < 1.29 is 22.3 Å². The molecule has 0 radical (unpaired) electrons. The van der Waals surface area contributed by atoms with Gasteiger partial charge in [-0.2, -0.15) is 17.6 Å². The molecule has 0 aliphatic carbocycles. The zero-order chi connectivity index (χ0) is 24.6. The third-order valence-electron chi connectivity index (χ3n) is 4.35. The summed E-state index contributed by atoms with van der Waals surface area (Å²) in [5, 5.41) is 4.46. The molecule has 0 unspecified atom stereocenters. The van der Waals surface area contributed by atoms with Gasteiger partial charge in [0.1, 0.15) is 11.6 Å². The standard InChI is InChI=1S/C21H24F4N8O/c22-19(23)21(24,25)34-16-3-1-2-15(12-16)33(31-11-8-27)20-29-9-6-17(32-20)14-4-5-18(30-13-14)28-10-7-26/h1-6,9,12-13,19,31H,7-8,10-11,26-27H2,(H,28,30). The van der Waals surface area contributed by atoms with Crippen molar-refractivity contribution in [3.05, 3.63) is 54.9 Å². The van der Waals surface area contributed by atoms with Crippen molar-refractivity contribution in [1.82, 2.24) is 20.4 Å². The Balaban J connectivity index is 1.90. The normalized spacial score (nSPS) is 11.5. The Morgan fingerprint density at radius 3 is 2.50 bits per heavy atom. The van der Waals surface area contributed by atoms with E-state index in [0.717, 1.165) is 12.1 Å². The van der Waals surface area contributed by atoms with Crippen molar-refractivity contribution in [2.24, 2.45) is 11.5 Å². The Hall–Kier alpha value is -3.55. The van der Waals surface area contributed by atoms with E-state index in [9.17, 15) is 17.6 Å². The highest BCUT2D eigenvalue weighted by molar-refractivity contribution is 5.64. The van der Waals surface area contributed by atoms with E-state index in [1.807, 2.05) is 6.07 Å². The highest BCUT2D eigenvalue weighted by atomic mass is 19.3. The molecule has 0 bridgehead atoms. The Kier molecular flexibility index (Phi) is 8.51. The van der Waals surface area contributed by atoms with Gasteiger partial charge in [-0.1, -0.05) is 6.07 Å². The molecule has 0 fully saturated rings. The summed E-state index contributed by atoms with van der Waals surface area (Å²) in [5.74, 6) is 0.365. The van der Waals surface area contributed by atoms with Gasteiger partial charge in [0.15, 0.2) is 0 Å². The summed E-state index contributed by atoms with van der Waals surface area (Å²) in [4.78, 5) is 13.1. The van der Waals surface area contributed by atoms with E-state index in [4.69, 9.17) is 11.5 Å². The number of benzene rings is 1. The van der Waals surface area contributed by atoms with E-state index in [2.05, 4.69) is 30.4 Å². The molecule has 34 heavy (non-hydrogen) atoms. The monoisotopic (exact) mass is 480 g/mol. The van der Waals surface area contributed by atoms with Gasteiger partial charge >= 0.3 is 12.5 Å². The molecule has 0 atom stereocenters. The van der Waals surface area contributed by atoms with Crippen LogP contribution in [-0.2, 0) is 0 Å². The average Bonchev–Trinajstić information content (AvgIpc) is 2.83. The van der Waals surface area contributed by atoms with Crippen molar-refractivity contribution >= 4 is 17.5 Å². The van der Waals surface area contributed by atoms with Crippen LogP contribution in [0.25, 0.3) is 11.3 Å². The number of hydrogen-bond acceptors (Lipinski definition) is 9. The number of hydrogen-bond donors (Lipinski definition) is 4. The molecule has 13 heteroatoms. The largest absolute Gasteiger partial charge is 0.461 e. The number of nitrogens with two attached hydrogens (primary N) is 2. The first-order valence-electron chi connectivity index (χ1n) is 10.3. The fourth-order valence-electron chi connectivity index (χ4n) is 2.81. The minimum atomic E-state index is -4.64. The second-order valence-electron chi connectivity index (χ2n) is 6.88. The van der Waals surface area contributed by atoms with Crippen LogP contribution >= 0.6 is 0 Å². The van der Waals surface area contributed by atoms with Crippen LogP contribution in [0.3, 0.4) is 0 Å². The molecule has 6 N–H and O–H groups in total. The summed E-state index contributed by atoms with van der Waals surface area (Å²) < 4.78 is 56.0. The smallest absolute Gasteiger partial charge is 0.428 e. The number of ether oxygens (including phenoxy) is 1. The number of rotatable bonds is 12. The number of nitrogens with one attached hydrogen (secondary N) is 2. The van der Waals surface area contributed by atoms with Crippen molar-refractivity contribution in [3.63, 3.8) is 0 Å². The second kappa shape index (κ2) is 11.5. The second-order valence-corrected chi connectivity index (χ2v) is 6.88. The SMILES string of the molecule is NCCNc1ccc(-c2ccnc(N(NCCN)c3cccc(OC(F)(F)C(F)F)c3)n2)cn1. The molecule has 182 valence electrons. The number of pyridine rings is 1. The summed E-state index contributed by atoms with van der Waals surface area (Å²) >= 11 is 0. The maximum atomic E-state index is 13.4. The maximum absolute atomic E-state index is 13.4. The van der Waals surface area contributed by atoms with Crippen LogP contribution in [0.4, 0.5) is 35.0 Å². The van der Waals surface area contributed by atoms with Gasteiger partial charge in [0, 0.05) is 50.2 Å². The lowest BCUT2D eigenvalue weighted by atomic mass is 10.2. The molecule has 9 nitrogen and oxygen atoms in total. The lowest BCUT2D eigenvalue weighted by Gasteiger charge is -2.24. The van der Waals surface area contributed by atoms with E-state index in [1.165, 1.54) is 17.3 Å². The van der Waals surface area contributed by atoms with E-state index in [-0.39, 0.29) is 24.7 Å². The van der Waals surface area contributed by atoms with Crippen molar-refractivity contribution in [1.29, 1.82) is 0 Å². The molecule has 3 rings (SSSR count). The molecular weight excluding hydrogens is 456 g/mol. The summed E-state index contributed by atoms with van der Waals surface area (Å²) in [7, 11) is 0. The Morgan fingerprint density at radius 1 is 1.03 bits per heavy atom. The minimum Gasteiger partial charge on any atom is -0.428 e. The van der Waals surface area contributed by atoms with Gasteiger partial charge in [-0.05, 0) is 30.3 Å². The predicted octanol–water partition coefficient (Wildman–Crippen LogP) is 2.75. The summed E-state index contributed by atoms with van der Waals surface area (Å²) in [6.07, 6.45) is -5.47. The molecule has 2 aromatic heterocycles. The quantitative estimate of drug-likeness (QED) is 0.229. The maximum Gasteiger partial charge on any atom is 0.461 e. The third kappa shape index (κ3) is 6.50. The number of hydrazine groups is 1. The number of anilines is 3.